The van der Waals surface area contributed by atoms with E-state index in [0.29, 0.717) is 29.5 Å². The number of carbonyl (C=O) groups excluding carboxylic acids is 2. The molecule has 41 heavy (non-hydrogen) atoms. The van der Waals surface area contributed by atoms with Gasteiger partial charge >= 0.3 is 0 Å². The van der Waals surface area contributed by atoms with E-state index >= 15 is 0 Å². The van der Waals surface area contributed by atoms with Crippen molar-refractivity contribution in [1.29, 1.82) is 0 Å². The molecule has 220 valence electrons. The van der Waals surface area contributed by atoms with Gasteiger partial charge in [0.25, 0.3) is 10.0 Å². The molecule has 0 radical (unpaired) electrons. The lowest BCUT2D eigenvalue weighted by molar-refractivity contribution is -0.139. The van der Waals surface area contributed by atoms with Crippen LogP contribution >= 0.6 is 11.6 Å². The first-order chi connectivity index (χ1) is 19.6. The zero-order valence-electron chi connectivity index (χ0n) is 23.3. The Labute approximate surface area is 246 Å². The summed E-state index contributed by atoms with van der Waals surface area (Å²) in [7, 11) is -4.31. The third kappa shape index (κ3) is 8.68. The predicted octanol–water partition coefficient (Wildman–Crippen LogP) is 5.41. The maximum Gasteiger partial charge on any atom is 0.264 e. The van der Waals surface area contributed by atoms with Crippen LogP contribution in [0.1, 0.15) is 39.2 Å². The number of ether oxygens (including phenoxy) is 1. The Balaban J connectivity index is 2.00. The van der Waals surface area contributed by atoms with Gasteiger partial charge in [-0.25, -0.2) is 12.8 Å². The van der Waals surface area contributed by atoms with E-state index in [2.05, 4.69) is 5.32 Å². The molecule has 0 aromatic heterocycles. The van der Waals surface area contributed by atoms with Crippen molar-refractivity contribution in [1.82, 2.24) is 10.2 Å². The smallest absolute Gasteiger partial charge is 0.264 e. The summed E-state index contributed by atoms with van der Waals surface area (Å²) < 4.78 is 47.6. The summed E-state index contributed by atoms with van der Waals surface area (Å²) in [5.74, 6) is -1.01. The molecule has 0 aliphatic heterocycles. The molecule has 0 saturated heterocycles. The maximum atomic E-state index is 13.9. The zero-order valence-corrected chi connectivity index (χ0v) is 24.9. The van der Waals surface area contributed by atoms with Gasteiger partial charge in [0.15, 0.2) is 0 Å². The number of amides is 2. The second kappa shape index (κ2) is 14.8. The molecule has 1 atom stereocenters. The number of halogens is 2. The first-order valence-corrected chi connectivity index (χ1v) is 15.2. The van der Waals surface area contributed by atoms with Crippen molar-refractivity contribution >= 4 is 39.1 Å². The van der Waals surface area contributed by atoms with Gasteiger partial charge in [-0.05, 0) is 86.5 Å². The van der Waals surface area contributed by atoms with Gasteiger partial charge in [-0.15, -0.1) is 0 Å². The first-order valence-electron chi connectivity index (χ1n) is 13.4. The van der Waals surface area contributed by atoms with E-state index in [1.807, 2.05) is 13.8 Å². The van der Waals surface area contributed by atoms with Gasteiger partial charge in [-0.3, -0.25) is 13.9 Å². The van der Waals surface area contributed by atoms with Gasteiger partial charge in [-0.2, -0.15) is 0 Å². The van der Waals surface area contributed by atoms with Gasteiger partial charge < -0.3 is 15.0 Å². The topological polar surface area (TPSA) is 96.0 Å². The lowest BCUT2D eigenvalue weighted by atomic mass is 10.1. The van der Waals surface area contributed by atoms with E-state index in [1.165, 1.54) is 17.0 Å². The Morgan fingerprint density at radius 1 is 0.976 bits per heavy atom. The molecule has 8 nitrogen and oxygen atoms in total. The Kier molecular flexibility index (Phi) is 11.5. The highest BCUT2D eigenvalue weighted by Gasteiger charge is 2.32. The molecule has 0 unspecified atom stereocenters. The molecule has 2 amide bonds. The number of hydrogen-bond donors (Lipinski definition) is 1. The molecule has 3 aromatic rings. The number of rotatable bonds is 14. The van der Waals surface area contributed by atoms with Crippen molar-refractivity contribution in [2.75, 3.05) is 24.0 Å². The monoisotopic (exact) mass is 603 g/mol. The van der Waals surface area contributed by atoms with Crippen molar-refractivity contribution in [3.05, 3.63) is 89.2 Å². The minimum atomic E-state index is -4.31. The van der Waals surface area contributed by atoms with Crippen LogP contribution in [0.5, 0.6) is 5.75 Å². The number of benzene rings is 3. The second-order valence-corrected chi connectivity index (χ2v) is 11.7. The maximum absolute atomic E-state index is 13.9. The molecule has 0 bridgehead atoms. The summed E-state index contributed by atoms with van der Waals surface area (Å²) in [6, 6.07) is 16.6. The predicted molar refractivity (Wildman–Crippen MR) is 158 cm³/mol. The van der Waals surface area contributed by atoms with Crippen molar-refractivity contribution in [3.63, 3.8) is 0 Å². The quantitative estimate of drug-likeness (QED) is 0.249. The summed E-state index contributed by atoms with van der Waals surface area (Å²) in [4.78, 5) is 28.1. The Bertz CT molecular complexity index is 1400. The second-order valence-electron chi connectivity index (χ2n) is 9.36. The van der Waals surface area contributed by atoms with E-state index < -0.39 is 34.3 Å². The molecule has 0 fully saturated rings. The molecule has 0 aliphatic rings. The normalized spacial score (nSPS) is 11.9. The molecule has 0 heterocycles. The van der Waals surface area contributed by atoms with E-state index in [9.17, 15) is 22.4 Å². The van der Waals surface area contributed by atoms with Crippen molar-refractivity contribution in [3.8, 4) is 5.75 Å². The molecule has 3 rings (SSSR count). The molecular formula is C30H35ClFN3O5S. The van der Waals surface area contributed by atoms with Crippen molar-refractivity contribution in [2.24, 2.45) is 0 Å². The van der Waals surface area contributed by atoms with Crippen LogP contribution < -0.4 is 14.4 Å². The molecule has 0 saturated carbocycles. The number of hydrogen-bond acceptors (Lipinski definition) is 5. The summed E-state index contributed by atoms with van der Waals surface area (Å²) in [5.41, 5.74) is 0.919. The lowest BCUT2D eigenvalue weighted by Gasteiger charge is -2.32. The third-order valence-electron chi connectivity index (χ3n) is 6.38. The fourth-order valence-electron chi connectivity index (χ4n) is 4.04. The van der Waals surface area contributed by atoms with Crippen LogP contribution in [0.25, 0.3) is 0 Å². The number of nitrogens with one attached hydrogen (secondary N) is 1. The minimum Gasteiger partial charge on any atom is -0.494 e. The highest BCUT2D eigenvalue weighted by atomic mass is 35.5. The molecule has 0 aliphatic carbocycles. The van der Waals surface area contributed by atoms with Gasteiger partial charge in [0, 0.05) is 18.1 Å². The van der Waals surface area contributed by atoms with E-state index in [4.69, 9.17) is 16.3 Å². The first kappa shape index (κ1) is 31.9. The average Bonchev–Trinajstić information content (AvgIpc) is 2.96. The fraction of sp³-hybridized carbons (Fsp3) is 0.333. The summed E-state index contributed by atoms with van der Waals surface area (Å²) >= 11 is 6.03. The third-order valence-corrected chi connectivity index (χ3v) is 8.42. The van der Waals surface area contributed by atoms with Crippen LogP contribution in [0.4, 0.5) is 10.1 Å². The van der Waals surface area contributed by atoms with Crippen LogP contribution in [-0.2, 0) is 26.2 Å². The van der Waals surface area contributed by atoms with Crippen LogP contribution in [0.3, 0.4) is 0 Å². The minimum absolute atomic E-state index is 0.0477. The van der Waals surface area contributed by atoms with Crippen LogP contribution in [0.2, 0.25) is 5.02 Å². The number of unbranched alkanes of at least 4 members (excludes halogenated alkanes) is 1. The summed E-state index contributed by atoms with van der Waals surface area (Å²) in [6.45, 7) is 5.76. The number of sulfonamides is 1. The molecule has 11 heteroatoms. The molecule has 1 N–H and O–H groups in total. The van der Waals surface area contributed by atoms with Gasteiger partial charge in [0.05, 0.1) is 17.2 Å². The standard InChI is InChI=1S/C30H35ClFN3O5S/c1-4-6-19-33-30(37)22(3)34(20-23-7-9-24(31)10-8-23)29(36)21-35(26-13-15-27(16-14-26)40-5-2)41(38,39)28-17-11-25(32)12-18-28/h7-18,22H,4-6,19-21H2,1-3H3,(H,33,37)/t22-/m1/s1. The molecule has 0 spiro atoms. The summed E-state index contributed by atoms with van der Waals surface area (Å²) in [5, 5.41) is 3.36. The molecular weight excluding hydrogens is 569 g/mol. The molecule has 3 aromatic carbocycles. The summed E-state index contributed by atoms with van der Waals surface area (Å²) in [6.07, 6.45) is 1.67. The van der Waals surface area contributed by atoms with Crippen molar-refractivity contribution in [2.45, 2.75) is 51.1 Å². The number of carbonyl (C=O) groups is 2. The largest absolute Gasteiger partial charge is 0.494 e. The number of anilines is 1. The van der Waals surface area contributed by atoms with Crippen molar-refractivity contribution < 1.29 is 27.1 Å². The van der Waals surface area contributed by atoms with E-state index in [-0.39, 0.29) is 23.0 Å². The zero-order chi connectivity index (χ0) is 30.0. The number of nitrogens with zero attached hydrogens (tertiary/aromatic N) is 2. The van der Waals surface area contributed by atoms with Crippen LogP contribution in [0.15, 0.2) is 77.7 Å². The van der Waals surface area contributed by atoms with E-state index in [0.717, 1.165) is 41.4 Å². The Morgan fingerprint density at radius 3 is 2.20 bits per heavy atom. The van der Waals surface area contributed by atoms with Gasteiger partial charge in [-0.1, -0.05) is 37.1 Å². The Morgan fingerprint density at radius 2 is 1.61 bits per heavy atom. The average molecular weight is 604 g/mol. The highest BCUT2D eigenvalue weighted by Crippen LogP contribution is 2.27. The van der Waals surface area contributed by atoms with Gasteiger partial charge in [0.1, 0.15) is 24.2 Å². The van der Waals surface area contributed by atoms with Crippen LogP contribution in [-0.4, -0.2) is 50.9 Å². The van der Waals surface area contributed by atoms with Gasteiger partial charge in [0.2, 0.25) is 11.8 Å². The van der Waals surface area contributed by atoms with Crippen LogP contribution in [0, 0.1) is 5.82 Å². The van der Waals surface area contributed by atoms with E-state index in [1.54, 1.807) is 43.3 Å². The fourth-order valence-corrected chi connectivity index (χ4v) is 5.58. The SMILES string of the molecule is CCCCNC(=O)[C@@H](C)N(Cc1ccc(Cl)cc1)C(=O)CN(c1ccc(OCC)cc1)S(=O)(=O)c1ccc(F)cc1. The highest BCUT2D eigenvalue weighted by molar-refractivity contribution is 7.92. The Hall–Kier alpha value is -3.63. The lowest BCUT2D eigenvalue weighted by Crippen LogP contribution is -2.51.